The maximum absolute atomic E-state index is 2.42. The Labute approximate surface area is 376 Å². The second-order valence-electron chi connectivity index (χ2n) is 18.6. The predicted octanol–water partition coefficient (Wildman–Crippen LogP) is 17.2. The molecule has 2 aliphatic carbocycles. The first-order valence-electron chi connectivity index (χ1n) is 22.5. The van der Waals surface area contributed by atoms with Gasteiger partial charge < -0.3 is 9.80 Å². The van der Waals surface area contributed by atoms with Crippen molar-refractivity contribution in [3.05, 3.63) is 241 Å². The summed E-state index contributed by atoms with van der Waals surface area (Å²) >= 11 is 0. The van der Waals surface area contributed by atoms with Crippen molar-refractivity contribution in [1.82, 2.24) is 0 Å². The molecule has 0 bridgehead atoms. The van der Waals surface area contributed by atoms with Gasteiger partial charge in [-0.05, 0) is 150 Å². The van der Waals surface area contributed by atoms with E-state index >= 15 is 0 Å². The number of para-hydroxylation sites is 2. The number of anilines is 6. The van der Waals surface area contributed by atoms with Crippen LogP contribution in [-0.4, -0.2) is 0 Å². The summed E-state index contributed by atoms with van der Waals surface area (Å²) in [5.41, 5.74) is 19.8. The van der Waals surface area contributed by atoms with Gasteiger partial charge in [0.2, 0.25) is 0 Å². The predicted molar refractivity (Wildman–Crippen MR) is 271 cm³/mol. The maximum atomic E-state index is 2.42. The zero-order valence-electron chi connectivity index (χ0n) is 36.7. The smallest absolute Gasteiger partial charge is 0.0465 e. The molecule has 10 aromatic rings. The fourth-order valence-electron chi connectivity index (χ4n) is 10.9. The van der Waals surface area contributed by atoms with Crippen LogP contribution in [0, 0.1) is 0 Å². The van der Waals surface area contributed by atoms with Crippen LogP contribution in [0.15, 0.2) is 218 Å². The van der Waals surface area contributed by atoms with Crippen molar-refractivity contribution in [2.24, 2.45) is 0 Å². The zero-order valence-corrected chi connectivity index (χ0v) is 36.7. The minimum atomic E-state index is -0.127. The molecule has 10 aromatic carbocycles. The molecular formula is C62H48N2. The van der Waals surface area contributed by atoms with Crippen LogP contribution in [0.2, 0.25) is 0 Å². The second kappa shape index (κ2) is 14.4. The standard InChI is InChI=1S/C62H48N2/c1-61(2)55-37-27-43-15-11-13-21-51(43)59(55)53-35-33-49(39-57(53)61)63(45-17-7-5-8-18-45)47-29-23-41(24-30-47)42-25-31-48(32-26-42)64(46-19-9-6-10-20-46)50-34-36-54-58(40-50)62(3,4)56-38-28-44-16-12-14-22-52(44)60(54)56/h5-40H,1-4H3. The van der Waals surface area contributed by atoms with Gasteiger partial charge in [-0.15, -0.1) is 0 Å². The molecule has 2 aliphatic rings. The first kappa shape index (κ1) is 38.0. The van der Waals surface area contributed by atoms with Crippen LogP contribution < -0.4 is 9.80 Å². The first-order chi connectivity index (χ1) is 31.3. The van der Waals surface area contributed by atoms with Gasteiger partial charge in [0.1, 0.15) is 0 Å². The van der Waals surface area contributed by atoms with Crippen molar-refractivity contribution in [3.8, 4) is 33.4 Å². The summed E-state index contributed by atoms with van der Waals surface area (Å²) in [6.07, 6.45) is 0. The molecule has 0 aromatic heterocycles. The van der Waals surface area contributed by atoms with Crippen LogP contribution in [0.25, 0.3) is 54.9 Å². The fraction of sp³-hybridized carbons (Fsp3) is 0.0968. The summed E-state index contributed by atoms with van der Waals surface area (Å²) in [6, 6.07) is 80.5. The van der Waals surface area contributed by atoms with Gasteiger partial charge in [-0.25, -0.2) is 0 Å². The van der Waals surface area contributed by atoms with E-state index in [1.807, 2.05) is 0 Å². The van der Waals surface area contributed by atoms with Crippen molar-refractivity contribution < 1.29 is 0 Å². The molecule has 0 unspecified atom stereocenters. The third kappa shape index (κ3) is 5.86. The van der Waals surface area contributed by atoms with Crippen molar-refractivity contribution in [1.29, 1.82) is 0 Å². The quantitative estimate of drug-likeness (QED) is 0.158. The van der Waals surface area contributed by atoms with Gasteiger partial charge in [0.25, 0.3) is 0 Å². The molecule has 0 saturated heterocycles. The molecule has 64 heavy (non-hydrogen) atoms. The Balaban J connectivity index is 0.885. The lowest BCUT2D eigenvalue weighted by atomic mass is 9.82. The highest BCUT2D eigenvalue weighted by molar-refractivity contribution is 6.04. The number of hydrogen-bond donors (Lipinski definition) is 0. The Bertz CT molecular complexity index is 3190. The Morgan fingerprint density at radius 1 is 0.281 bits per heavy atom. The lowest BCUT2D eigenvalue weighted by Crippen LogP contribution is -2.16. The fourth-order valence-corrected chi connectivity index (χ4v) is 10.9. The number of rotatable bonds is 7. The highest BCUT2D eigenvalue weighted by Gasteiger charge is 2.38. The summed E-state index contributed by atoms with van der Waals surface area (Å²) in [6.45, 7) is 9.48. The summed E-state index contributed by atoms with van der Waals surface area (Å²) in [5, 5.41) is 5.21. The van der Waals surface area contributed by atoms with E-state index in [1.54, 1.807) is 0 Å². The average Bonchev–Trinajstić information content (AvgIpc) is 3.72. The molecule has 0 spiro atoms. The molecule has 306 valence electrons. The third-order valence-electron chi connectivity index (χ3n) is 14.2. The molecule has 0 fully saturated rings. The van der Waals surface area contributed by atoms with Crippen molar-refractivity contribution >= 4 is 55.7 Å². The van der Waals surface area contributed by atoms with Crippen molar-refractivity contribution in [2.75, 3.05) is 9.80 Å². The lowest BCUT2D eigenvalue weighted by molar-refractivity contribution is 0.661. The molecule has 0 radical (unpaired) electrons. The van der Waals surface area contributed by atoms with Crippen molar-refractivity contribution in [2.45, 2.75) is 38.5 Å². The Morgan fingerprint density at radius 3 is 1.03 bits per heavy atom. The van der Waals surface area contributed by atoms with E-state index in [0.29, 0.717) is 0 Å². The molecule has 0 aliphatic heterocycles. The summed E-state index contributed by atoms with van der Waals surface area (Å²) < 4.78 is 0. The van der Waals surface area contributed by atoms with Gasteiger partial charge in [0, 0.05) is 45.0 Å². The van der Waals surface area contributed by atoms with Gasteiger partial charge in [-0.1, -0.05) is 173 Å². The van der Waals surface area contributed by atoms with Crippen LogP contribution in [0.3, 0.4) is 0 Å². The van der Waals surface area contributed by atoms with Gasteiger partial charge in [0.15, 0.2) is 0 Å². The molecule has 0 amide bonds. The number of fused-ring (bicyclic) bond motifs is 10. The van der Waals surface area contributed by atoms with Crippen LogP contribution in [-0.2, 0) is 10.8 Å². The molecule has 0 saturated carbocycles. The van der Waals surface area contributed by atoms with E-state index in [1.165, 1.54) is 77.2 Å². The van der Waals surface area contributed by atoms with E-state index in [-0.39, 0.29) is 10.8 Å². The third-order valence-corrected chi connectivity index (χ3v) is 14.2. The number of hydrogen-bond acceptors (Lipinski definition) is 2. The zero-order chi connectivity index (χ0) is 43.2. The molecule has 2 nitrogen and oxygen atoms in total. The molecular weight excluding hydrogens is 773 g/mol. The van der Waals surface area contributed by atoms with Gasteiger partial charge in [-0.3, -0.25) is 0 Å². The molecule has 12 rings (SSSR count). The highest BCUT2D eigenvalue weighted by atomic mass is 15.1. The van der Waals surface area contributed by atoms with E-state index in [4.69, 9.17) is 0 Å². The minimum Gasteiger partial charge on any atom is -0.310 e. The largest absolute Gasteiger partial charge is 0.310 e. The van der Waals surface area contributed by atoms with Gasteiger partial charge in [0.05, 0.1) is 0 Å². The van der Waals surface area contributed by atoms with Crippen LogP contribution in [0.4, 0.5) is 34.1 Å². The van der Waals surface area contributed by atoms with E-state index < -0.39 is 0 Å². The first-order valence-corrected chi connectivity index (χ1v) is 22.5. The SMILES string of the molecule is CC1(C)c2cc(N(c3ccccc3)c3ccc(-c4ccc(N(c5ccccc5)c5ccc6c(c5)C(C)(C)c5ccc7ccccc7c5-6)cc4)cc3)ccc2-c2c1ccc1ccccc21. The van der Waals surface area contributed by atoms with Crippen LogP contribution in [0.1, 0.15) is 49.9 Å². The minimum absolute atomic E-state index is 0.127. The van der Waals surface area contributed by atoms with E-state index in [2.05, 4.69) is 256 Å². The molecule has 0 atom stereocenters. The normalized spacial score (nSPS) is 13.9. The summed E-state index contributed by atoms with van der Waals surface area (Å²) in [5.74, 6) is 0. The summed E-state index contributed by atoms with van der Waals surface area (Å²) in [7, 11) is 0. The number of benzene rings is 10. The molecule has 0 heterocycles. The Kier molecular flexibility index (Phi) is 8.58. The van der Waals surface area contributed by atoms with Gasteiger partial charge >= 0.3 is 0 Å². The summed E-state index contributed by atoms with van der Waals surface area (Å²) in [4.78, 5) is 4.78. The molecule has 0 N–H and O–H groups in total. The number of nitrogens with zero attached hydrogens (tertiary/aromatic N) is 2. The van der Waals surface area contributed by atoms with Crippen LogP contribution in [0.5, 0.6) is 0 Å². The van der Waals surface area contributed by atoms with E-state index in [0.717, 1.165) is 34.1 Å². The maximum Gasteiger partial charge on any atom is 0.0465 e. The average molecular weight is 821 g/mol. The second-order valence-corrected chi connectivity index (χ2v) is 18.6. The lowest BCUT2D eigenvalue weighted by Gasteiger charge is -2.28. The van der Waals surface area contributed by atoms with Crippen molar-refractivity contribution in [3.63, 3.8) is 0 Å². The topological polar surface area (TPSA) is 6.48 Å². The Morgan fingerprint density at radius 2 is 0.625 bits per heavy atom. The van der Waals surface area contributed by atoms with Gasteiger partial charge in [-0.2, -0.15) is 0 Å². The monoisotopic (exact) mass is 820 g/mol. The Hall–Kier alpha value is -7.68. The van der Waals surface area contributed by atoms with Crippen LogP contribution >= 0.6 is 0 Å². The molecule has 2 heteroatoms. The van der Waals surface area contributed by atoms with E-state index in [9.17, 15) is 0 Å². The highest BCUT2D eigenvalue weighted by Crippen LogP contribution is 2.54.